The van der Waals surface area contributed by atoms with Crippen molar-refractivity contribution in [2.75, 3.05) is 31.8 Å². The zero-order valence-corrected chi connectivity index (χ0v) is 18.7. The third-order valence-corrected chi connectivity index (χ3v) is 8.26. The van der Waals surface area contributed by atoms with Crippen LogP contribution in [-0.2, 0) is 14.6 Å². The number of methoxy groups -OCH3 is 1. The Morgan fingerprint density at radius 1 is 1.33 bits per heavy atom. The number of thiophene rings is 1. The van der Waals surface area contributed by atoms with Crippen molar-refractivity contribution in [2.24, 2.45) is 0 Å². The lowest BCUT2D eigenvalue weighted by atomic mass is 10.2. The minimum atomic E-state index is -3.09. The maximum absolute atomic E-state index is 13.4. The second kappa shape index (κ2) is 8.49. The second-order valence-electron chi connectivity index (χ2n) is 7.56. The summed E-state index contributed by atoms with van der Waals surface area (Å²) in [7, 11) is -1.46. The molecule has 9 heteroatoms. The highest BCUT2D eigenvalue weighted by molar-refractivity contribution is 7.91. The van der Waals surface area contributed by atoms with E-state index < -0.39 is 9.84 Å². The fourth-order valence-electron chi connectivity index (χ4n) is 3.89. The van der Waals surface area contributed by atoms with Gasteiger partial charge in [0, 0.05) is 31.7 Å². The summed E-state index contributed by atoms with van der Waals surface area (Å²) in [6.07, 6.45) is 1.16. The number of carbonyl (C=O) groups excluding carboxylic acids is 1. The number of amides is 1. The quantitative estimate of drug-likeness (QED) is 0.520. The minimum Gasteiger partial charge on any atom is -0.385 e. The number of benzene rings is 1. The first-order valence-corrected chi connectivity index (χ1v) is 12.6. The lowest BCUT2D eigenvalue weighted by molar-refractivity contribution is 0.0679. The largest absolute Gasteiger partial charge is 0.385 e. The highest BCUT2D eigenvalue weighted by Gasteiger charge is 2.35. The van der Waals surface area contributed by atoms with Crippen molar-refractivity contribution >= 4 is 37.3 Å². The van der Waals surface area contributed by atoms with Crippen molar-refractivity contribution < 1.29 is 17.9 Å². The maximum atomic E-state index is 13.4. The van der Waals surface area contributed by atoms with Crippen LogP contribution in [0, 0.1) is 6.92 Å². The zero-order chi connectivity index (χ0) is 21.3. The van der Waals surface area contributed by atoms with E-state index in [0.29, 0.717) is 30.9 Å². The number of fused-ring (bicyclic) bond motifs is 1. The van der Waals surface area contributed by atoms with Crippen LogP contribution in [0.2, 0.25) is 0 Å². The van der Waals surface area contributed by atoms with E-state index in [1.165, 1.54) is 11.3 Å². The van der Waals surface area contributed by atoms with Gasteiger partial charge < -0.3 is 9.64 Å². The summed E-state index contributed by atoms with van der Waals surface area (Å²) in [6.45, 7) is 2.94. The maximum Gasteiger partial charge on any atom is 0.264 e. The Morgan fingerprint density at radius 3 is 2.77 bits per heavy atom. The predicted molar refractivity (Wildman–Crippen MR) is 118 cm³/mol. The number of aromatic nitrogens is 2. The first-order valence-electron chi connectivity index (χ1n) is 9.94. The molecular formula is C21H25N3O4S2. The lowest BCUT2D eigenvalue weighted by Gasteiger charge is -2.27. The van der Waals surface area contributed by atoms with Gasteiger partial charge in [-0.2, -0.15) is 5.10 Å². The van der Waals surface area contributed by atoms with Crippen LogP contribution in [0.4, 0.5) is 0 Å². The van der Waals surface area contributed by atoms with Gasteiger partial charge in [0.15, 0.2) is 9.84 Å². The van der Waals surface area contributed by atoms with Crippen molar-refractivity contribution in [2.45, 2.75) is 25.8 Å². The molecule has 0 aliphatic carbocycles. The van der Waals surface area contributed by atoms with E-state index in [9.17, 15) is 13.2 Å². The number of carbonyl (C=O) groups is 1. The predicted octanol–water partition coefficient (Wildman–Crippen LogP) is 3.06. The molecule has 1 atom stereocenters. The SMILES string of the molecule is COCCCN(C(=O)c1cc2c(C)nn(-c3ccccc3)c2s1)C1CCS(=O)(=O)C1. The standard InChI is InChI=1S/C21H25N3O4S2/c1-15-18-13-19(29-21(18)24(22-15)16-7-4-3-5-8-16)20(25)23(10-6-11-28-2)17-9-12-30(26,27)14-17/h3-5,7-8,13,17H,6,9-12,14H2,1-2H3. The summed E-state index contributed by atoms with van der Waals surface area (Å²) in [5, 5.41) is 5.58. The Hall–Kier alpha value is -2.23. The molecule has 1 unspecified atom stereocenters. The van der Waals surface area contributed by atoms with Gasteiger partial charge in [-0.3, -0.25) is 4.79 Å². The molecule has 1 aliphatic rings. The van der Waals surface area contributed by atoms with Crippen molar-refractivity contribution in [1.29, 1.82) is 0 Å². The summed E-state index contributed by atoms with van der Waals surface area (Å²) in [5.41, 5.74) is 1.80. The number of para-hydroxylation sites is 1. The molecule has 0 spiro atoms. The number of ether oxygens (including phenoxy) is 1. The van der Waals surface area contributed by atoms with Crippen molar-refractivity contribution in [1.82, 2.24) is 14.7 Å². The highest BCUT2D eigenvalue weighted by atomic mass is 32.2. The molecule has 1 saturated heterocycles. The van der Waals surface area contributed by atoms with Crippen LogP contribution in [0.3, 0.4) is 0 Å². The Labute approximate surface area is 180 Å². The molecule has 1 fully saturated rings. The Bertz CT molecular complexity index is 1150. The monoisotopic (exact) mass is 447 g/mol. The van der Waals surface area contributed by atoms with Crippen molar-refractivity contribution in [3.8, 4) is 5.69 Å². The number of rotatable bonds is 7. The molecule has 0 saturated carbocycles. The molecule has 0 bridgehead atoms. The highest BCUT2D eigenvalue weighted by Crippen LogP contribution is 2.32. The minimum absolute atomic E-state index is 0.0352. The topological polar surface area (TPSA) is 81.5 Å². The first-order chi connectivity index (χ1) is 14.4. The summed E-state index contributed by atoms with van der Waals surface area (Å²) < 4.78 is 31.0. The Morgan fingerprint density at radius 2 is 2.10 bits per heavy atom. The van der Waals surface area contributed by atoms with E-state index >= 15 is 0 Å². The van der Waals surface area contributed by atoms with Gasteiger partial charge in [0.1, 0.15) is 4.83 Å². The van der Waals surface area contributed by atoms with Crippen LogP contribution >= 0.6 is 11.3 Å². The Balaban J connectivity index is 1.67. The molecule has 3 aromatic rings. The molecule has 0 radical (unpaired) electrons. The van der Waals surface area contributed by atoms with Gasteiger partial charge in [0.05, 0.1) is 27.8 Å². The number of sulfone groups is 1. The van der Waals surface area contributed by atoms with E-state index in [2.05, 4.69) is 5.10 Å². The fraction of sp³-hybridized carbons (Fsp3) is 0.429. The van der Waals surface area contributed by atoms with Crippen LogP contribution in [-0.4, -0.2) is 66.8 Å². The average Bonchev–Trinajstić information content (AvgIpc) is 3.40. The normalized spacial score (nSPS) is 18.1. The summed E-state index contributed by atoms with van der Waals surface area (Å²) in [5.74, 6) is 0.0571. The molecule has 7 nitrogen and oxygen atoms in total. The second-order valence-corrected chi connectivity index (χ2v) is 10.8. The molecule has 30 heavy (non-hydrogen) atoms. The number of hydrogen-bond donors (Lipinski definition) is 0. The average molecular weight is 448 g/mol. The van der Waals surface area contributed by atoms with E-state index in [4.69, 9.17) is 4.74 Å². The molecule has 0 N–H and O–H groups in total. The van der Waals surface area contributed by atoms with Crippen molar-refractivity contribution in [3.05, 3.63) is 47.0 Å². The molecular weight excluding hydrogens is 422 g/mol. The van der Waals surface area contributed by atoms with Gasteiger partial charge in [-0.25, -0.2) is 13.1 Å². The molecule has 3 heterocycles. The summed E-state index contributed by atoms with van der Waals surface area (Å²) in [4.78, 5) is 16.7. The Kier molecular flexibility index (Phi) is 5.95. The molecule has 4 rings (SSSR count). The molecule has 1 aromatic carbocycles. The van der Waals surface area contributed by atoms with Gasteiger partial charge in [0.25, 0.3) is 5.91 Å². The van der Waals surface area contributed by atoms with Crippen LogP contribution in [0.25, 0.3) is 15.9 Å². The molecule has 2 aromatic heterocycles. The third-order valence-electron chi connectivity index (χ3n) is 5.41. The number of nitrogens with zero attached hydrogens (tertiary/aromatic N) is 3. The number of aryl methyl sites for hydroxylation is 1. The van der Waals surface area contributed by atoms with E-state index in [1.54, 1.807) is 12.0 Å². The summed E-state index contributed by atoms with van der Waals surface area (Å²) in [6, 6.07) is 11.4. The number of hydrogen-bond acceptors (Lipinski definition) is 6. The first kappa shape index (κ1) is 21.0. The van der Waals surface area contributed by atoms with Gasteiger partial charge in [-0.05, 0) is 38.0 Å². The van der Waals surface area contributed by atoms with Crippen LogP contribution < -0.4 is 0 Å². The zero-order valence-electron chi connectivity index (χ0n) is 17.1. The van der Waals surface area contributed by atoms with E-state index in [1.807, 2.05) is 48.0 Å². The van der Waals surface area contributed by atoms with E-state index in [-0.39, 0.29) is 23.5 Å². The molecule has 160 valence electrons. The van der Waals surface area contributed by atoms with Crippen LogP contribution in [0.15, 0.2) is 36.4 Å². The fourth-order valence-corrected chi connectivity index (χ4v) is 6.76. The van der Waals surface area contributed by atoms with E-state index in [0.717, 1.165) is 21.6 Å². The smallest absolute Gasteiger partial charge is 0.264 e. The molecule has 1 aliphatic heterocycles. The third kappa shape index (κ3) is 4.14. The van der Waals surface area contributed by atoms with Crippen molar-refractivity contribution in [3.63, 3.8) is 0 Å². The van der Waals surface area contributed by atoms with Gasteiger partial charge in [-0.1, -0.05) is 18.2 Å². The van der Waals surface area contributed by atoms with Gasteiger partial charge in [0.2, 0.25) is 0 Å². The summed E-state index contributed by atoms with van der Waals surface area (Å²) >= 11 is 1.40. The van der Waals surface area contributed by atoms with Gasteiger partial charge in [-0.15, -0.1) is 11.3 Å². The van der Waals surface area contributed by atoms with Crippen LogP contribution in [0.5, 0.6) is 0 Å². The lowest BCUT2D eigenvalue weighted by Crippen LogP contribution is -2.41. The van der Waals surface area contributed by atoms with Gasteiger partial charge >= 0.3 is 0 Å². The molecule has 1 amide bonds. The van der Waals surface area contributed by atoms with Crippen LogP contribution in [0.1, 0.15) is 28.2 Å².